The molecule has 32 heavy (non-hydrogen) atoms. The second kappa shape index (κ2) is 10.2. The Morgan fingerprint density at radius 2 is 1.88 bits per heavy atom. The molecule has 1 aliphatic heterocycles. The molecule has 1 fully saturated rings. The fraction of sp³-hybridized carbons (Fsp3) is 0.286. The minimum atomic E-state index is -3.94. The van der Waals surface area contributed by atoms with Crippen LogP contribution < -0.4 is 20.9 Å². The second-order valence-electron chi connectivity index (χ2n) is 7.00. The number of sulfonamides is 1. The summed E-state index contributed by atoms with van der Waals surface area (Å²) in [5.74, 6) is -1.15. The van der Waals surface area contributed by atoms with Crippen molar-refractivity contribution < 1.29 is 27.5 Å². The summed E-state index contributed by atoms with van der Waals surface area (Å²) in [6.07, 6.45) is 0.892. The molecule has 0 atom stereocenters. The Morgan fingerprint density at radius 3 is 2.56 bits per heavy atom. The van der Waals surface area contributed by atoms with Crippen molar-refractivity contribution in [3.8, 4) is 5.75 Å². The van der Waals surface area contributed by atoms with Gasteiger partial charge in [-0.25, -0.2) is 8.42 Å². The standard InChI is InChI=1S/C21H24N4O6S/c1-2-15-6-8-17(9-7-15)31-14-20(27)23-24-21(28)16-4-3-5-18(12-16)32(29,30)25-11-10-22-19(26)13-25/h3-9,12H,2,10-11,13-14H2,1H3,(H,22,26)(H,23,27)(H,24,28). The first-order valence-corrected chi connectivity index (χ1v) is 11.4. The van der Waals surface area contributed by atoms with Crippen LogP contribution in [0.25, 0.3) is 0 Å². The molecule has 1 saturated heterocycles. The lowest BCUT2D eigenvalue weighted by atomic mass is 10.2. The molecule has 3 N–H and O–H groups in total. The SMILES string of the molecule is CCc1ccc(OCC(=O)NNC(=O)c2cccc(S(=O)(=O)N3CCNC(=O)C3)c2)cc1. The lowest BCUT2D eigenvalue weighted by Gasteiger charge is -2.26. The van der Waals surface area contributed by atoms with Crippen molar-refractivity contribution in [2.75, 3.05) is 26.2 Å². The average molecular weight is 461 g/mol. The highest BCUT2D eigenvalue weighted by Crippen LogP contribution is 2.18. The lowest BCUT2D eigenvalue weighted by molar-refractivity contribution is -0.124. The number of ether oxygens (including phenoxy) is 1. The van der Waals surface area contributed by atoms with E-state index in [0.29, 0.717) is 5.75 Å². The number of carbonyl (C=O) groups is 3. The van der Waals surface area contributed by atoms with Gasteiger partial charge in [0.2, 0.25) is 15.9 Å². The smallest absolute Gasteiger partial charge is 0.276 e. The van der Waals surface area contributed by atoms with E-state index in [1.54, 1.807) is 12.1 Å². The summed E-state index contributed by atoms with van der Waals surface area (Å²) in [7, 11) is -3.94. The molecule has 3 rings (SSSR count). The van der Waals surface area contributed by atoms with Gasteiger partial charge in [0.15, 0.2) is 6.61 Å². The molecule has 170 valence electrons. The van der Waals surface area contributed by atoms with E-state index >= 15 is 0 Å². The molecule has 0 radical (unpaired) electrons. The number of aryl methyl sites for hydroxylation is 1. The van der Waals surface area contributed by atoms with Gasteiger partial charge in [-0.2, -0.15) is 4.31 Å². The molecule has 1 aliphatic rings. The summed E-state index contributed by atoms with van der Waals surface area (Å²) in [5, 5.41) is 2.56. The molecule has 0 aliphatic carbocycles. The molecule has 2 aromatic carbocycles. The third-order valence-electron chi connectivity index (χ3n) is 4.75. The maximum Gasteiger partial charge on any atom is 0.276 e. The quantitative estimate of drug-likeness (QED) is 0.506. The Balaban J connectivity index is 1.56. The Labute approximate surface area is 186 Å². The Morgan fingerprint density at radius 1 is 1.12 bits per heavy atom. The summed E-state index contributed by atoms with van der Waals surface area (Å²) < 4.78 is 31.9. The second-order valence-corrected chi connectivity index (χ2v) is 8.94. The number of nitrogens with one attached hydrogen (secondary N) is 3. The zero-order chi connectivity index (χ0) is 23.1. The number of hydrogen-bond acceptors (Lipinski definition) is 6. The lowest BCUT2D eigenvalue weighted by Crippen LogP contribution is -2.49. The molecule has 0 spiro atoms. The van der Waals surface area contributed by atoms with Crippen LogP contribution in [0.3, 0.4) is 0 Å². The van der Waals surface area contributed by atoms with Gasteiger partial charge in [0, 0.05) is 18.7 Å². The first kappa shape index (κ1) is 23.2. The van der Waals surface area contributed by atoms with Crippen LogP contribution in [0.15, 0.2) is 53.4 Å². The van der Waals surface area contributed by atoms with Crippen LogP contribution in [-0.2, 0) is 26.0 Å². The van der Waals surface area contributed by atoms with E-state index in [9.17, 15) is 22.8 Å². The highest BCUT2D eigenvalue weighted by Gasteiger charge is 2.29. The fourth-order valence-corrected chi connectivity index (χ4v) is 4.42. The van der Waals surface area contributed by atoms with Gasteiger partial charge in [0.05, 0.1) is 11.4 Å². The molecule has 0 aromatic heterocycles. The third-order valence-corrected chi connectivity index (χ3v) is 6.60. The monoisotopic (exact) mass is 460 g/mol. The molecule has 1 heterocycles. The summed E-state index contributed by atoms with van der Waals surface area (Å²) in [5.41, 5.74) is 5.62. The molecule has 11 heteroatoms. The summed E-state index contributed by atoms with van der Waals surface area (Å²) in [6, 6.07) is 12.7. The van der Waals surface area contributed by atoms with Crippen molar-refractivity contribution in [2.45, 2.75) is 18.2 Å². The highest BCUT2D eigenvalue weighted by atomic mass is 32.2. The number of nitrogens with zero attached hydrogens (tertiary/aromatic N) is 1. The predicted octanol–water partition coefficient (Wildman–Crippen LogP) is 0.210. The number of hydrogen-bond donors (Lipinski definition) is 3. The Bertz CT molecular complexity index is 1100. The molecule has 0 bridgehead atoms. The van der Waals surface area contributed by atoms with Gasteiger partial charge >= 0.3 is 0 Å². The zero-order valence-electron chi connectivity index (χ0n) is 17.5. The predicted molar refractivity (Wildman–Crippen MR) is 115 cm³/mol. The van der Waals surface area contributed by atoms with Crippen molar-refractivity contribution >= 4 is 27.7 Å². The molecule has 2 aromatic rings. The normalized spacial score (nSPS) is 14.3. The number of benzene rings is 2. The Kier molecular flexibility index (Phi) is 7.44. The van der Waals surface area contributed by atoms with E-state index in [4.69, 9.17) is 4.74 Å². The maximum atomic E-state index is 12.8. The van der Waals surface area contributed by atoms with E-state index in [1.165, 1.54) is 24.3 Å². The maximum absolute atomic E-state index is 12.8. The number of rotatable bonds is 7. The van der Waals surface area contributed by atoms with E-state index in [-0.39, 0.29) is 42.6 Å². The topological polar surface area (TPSA) is 134 Å². The molecular weight excluding hydrogens is 436 g/mol. The van der Waals surface area contributed by atoms with Gasteiger partial charge in [0.25, 0.3) is 11.8 Å². The summed E-state index contributed by atoms with van der Waals surface area (Å²) in [6.45, 7) is 1.80. The van der Waals surface area contributed by atoms with Gasteiger partial charge in [-0.05, 0) is 42.3 Å². The number of hydrazine groups is 1. The minimum absolute atomic E-state index is 0.0314. The molecule has 0 saturated carbocycles. The van der Waals surface area contributed by atoms with E-state index in [1.807, 2.05) is 19.1 Å². The van der Waals surface area contributed by atoms with Gasteiger partial charge in [-0.15, -0.1) is 0 Å². The van der Waals surface area contributed by atoms with Crippen LogP contribution in [0.4, 0.5) is 0 Å². The van der Waals surface area contributed by atoms with Crippen LogP contribution >= 0.6 is 0 Å². The minimum Gasteiger partial charge on any atom is -0.484 e. The molecule has 0 unspecified atom stereocenters. The van der Waals surface area contributed by atoms with Gasteiger partial charge in [0.1, 0.15) is 5.75 Å². The van der Waals surface area contributed by atoms with Gasteiger partial charge in [-0.3, -0.25) is 25.2 Å². The van der Waals surface area contributed by atoms with Crippen LogP contribution in [-0.4, -0.2) is 56.7 Å². The van der Waals surface area contributed by atoms with Crippen molar-refractivity contribution in [1.29, 1.82) is 0 Å². The van der Waals surface area contributed by atoms with E-state index < -0.39 is 21.8 Å². The van der Waals surface area contributed by atoms with Gasteiger partial charge < -0.3 is 10.1 Å². The summed E-state index contributed by atoms with van der Waals surface area (Å²) in [4.78, 5) is 35.7. The van der Waals surface area contributed by atoms with Crippen molar-refractivity contribution in [2.24, 2.45) is 0 Å². The van der Waals surface area contributed by atoms with Crippen molar-refractivity contribution in [3.05, 3.63) is 59.7 Å². The van der Waals surface area contributed by atoms with Crippen molar-refractivity contribution in [3.63, 3.8) is 0 Å². The number of piperazine rings is 1. The number of amides is 3. The fourth-order valence-electron chi connectivity index (χ4n) is 2.97. The third kappa shape index (κ3) is 5.83. The first-order chi connectivity index (χ1) is 15.3. The largest absolute Gasteiger partial charge is 0.484 e. The van der Waals surface area contributed by atoms with E-state index in [0.717, 1.165) is 16.3 Å². The Hall–Kier alpha value is -3.44. The van der Waals surface area contributed by atoms with E-state index in [2.05, 4.69) is 16.2 Å². The van der Waals surface area contributed by atoms with Crippen molar-refractivity contribution in [1.82, 2.24) is 20.5 Å². The molecule has 10 nitrogen and oxygen atoms in total. The zero-order valence-corrected chi connectivity index (χ0v) is 18.3. The molecular formula is C21H24N4O6S. The van der Waals surface area contributed by atoms with Gasteiger partial charge in [-0.1, -0.05) is 25.1 Å². The first-order valence-electron chi connectivity index (χ1n) is 9.97. The molecule has 3 amide bonds. The highest BCUT2D eigenvalue weighted by molar-refractivity contribution is 7.89. The summed E-state index contributed by atoms with van der Waals surface area (Å²) >= 11 is 0. The number of carbonyl (C=O) groups excluding carboxylic acids is 3. The van der Waals surface area contributed by atoms with Crippen LogP contribution in [0.2, 0.25) is 0 Å². The average Bonchev–Trinajstić information content (AvgIpc) is 2.81. The van der Waals surface area contributed by atoms with Crippen LogP contribution in [0.1, 0.15) is 22.8 Å². The van der Waals surface area contributed by atoms with Crippen LogP contribution in [0.5, 0.6) is 5.75 Å². The van der Waals surface area contributed by atoms with Crippen LogP contribution in [0, 0.1) is 0 Å².